The van der Waals surface area contributed by atoms with E-state index in [0.717, 1.165) is 12.1 Å². The van der Waals surface area contributed by atoms with Gasteiger partial charge in [-0.2, -0.15) is 18.4 Å². The van der Waals surface area contributed by atoms with Crippen molar-refractivity contribution in [3.05, 3.63) is 65.6 Å². The summed E-state index contributed by atoms with van der Waals surface area (Å²) in [4.78, 5) is 12.5. The molecule has 0 spiro atoms. The molecular formula is C20H15F4N3O2. The predicted octanol–water partition coefficient (Wildman–Crippen LogP) is 4.06. The number of halogens is 4. The Bertz CT molecular complexity index is 1130. The lowest BCUT2D eigenvalue weighted by Gasteiger charge is -2.24. The third-order valence-corrected chi connectivity index (χ3v) is 4.41. The van der Waals surface area contributed by atoms with E-state index in [9.17, 15) is 27.5 Å². The van der Waals surface area contributed by atoms with Gasteiger partial charge in [-0.15, -0.1) is 0 Å². The van der Waals surface area contributed by atoms with Crippen molar-refractivity contribution in [3.8, 4) is 6.07 Å². The number of hydrogen-bond acceptors (Lipinski definition) is 3. The maximum Gasteiger partial charge on any atom is 0.417 e. The molecule has 5 nitrogen and oxygen atoms in total. The van der Waals surface area contributed by atoms with Gasteiger partial charge in [0.2, 0.25) is 0 Å². The maximum absolute atomic E-state index is 13.5. The van der Waals surface area contributed by atoms with E-state index in [1.54, 1.807) is 18.3 Å². The second-order valence-corrected chi connectivity index (χ2v) is 6.74. The minimum atomic E-state index is -4.78. The summed E-state index contributed by atoms with van der Waals surface area (Å²) < 4.78 is 54.2. The second-order valence-electron chi connectivity index (χ2n) is 6.74. The van der Waals surface area contributed by atoms with Gasteiger partial charge in [-0.3, -0.25) is 4.79 Å². The lowest BCUT2D eigenvalue weighted by Crippen LogP contribution is -2.43. The Labute approximate surface area is 162 Å². The number of nitrogens with zero attached hydrogens (tertiary/aromatic N) is 2. The molecule has 1 aromatic heterocycles. The van der Waals surface area contributed by atoms with Crippen molar-refractivity contribution in [2.45, 2.75) is 25.2 Å². The minimum absolute atomic E-state index is 0.218. The third-order valence-electron chi connectivity index (χ3n) is 4.41. The number of carbonyl (C=O) groups excluding carboxylic acids is 1. The van der Waals surface area contributed by atoms with Gasteiger partial charge in [-0.1, -0.05) is 0 Å². The summed E-state index contributed by atoms with van der Waals surface area (Å²) in [7, 11) is 0. The Balaban J connectivity index is 1.84. The molecule has 3 rings (SSSR count). The number of benzene rings is 2. The molecule has 0 saturated heterocycles. The van der Waals surface area contributed by atoms with Crippen LogP contribution < -0.4 is 5.32 Å². The van der Waals surface area contributed by atoms with E-state index < -0.39 is 34.6 Å². The molecule has 3 aromatic rings. The van der Waals surface area contributed by atoms with E-state index in [1.165, 1.54) is 29.7 Å². The summed E-state index contributed by atoms with van der Waals surface area (Å²) in [5.74, 6) is -1.44. The van der Waals surface area contributed by atoms with Gasteiger partial charge in [-0.05, 0) is 54.8 Å². The van der Waals surface area contributed by atoms with Crippen LogP contribution in [0.2, 0.25) is 0 Å². The predicted molar refractivity (Wildman–Crippen MR) is 97.3 cm³/mol. The maximum atomic E-state index is 13.5. The summed E-state index contributed by atoms with van der Waals surface area (Å²) >= 11 is 0. The average molecular weight is 405 g/mol. The summed E-state index contributed by atoms with van der Waals surface area (Å²) in [6.07, 6.45) is -3.21. The molecule has 0 unspecified atom stereocenters. The molecule has 0 aliphatic rings. The first-order valence-corrected chi connectivity index (χ1v) is 8.41. The van der Waals surface area contributed by atoms with Crippen LogP contribution in [0, 0.1) is 17.1 Å². The number of aliphatic hydroxyl groups is 1. The largest absolute Gasteiger partial charge is 0.417 e. The van der Waals surface area contributed by atoms with Crippen LogP contribution in [0.15, 0.2) is 48.7 Å². The van der Waals surface area contributed by atoms with Crippen molar-refractivity contribution in [2.75, 3.05) is 5.32 Å². The van der Waals surface area contributed by atoms with Gasteiger partial charge in [0.15, 0.2) is 5.60 Å². The minimum Gasteiger partial charge on any atom is -0.378 e. The van der Waals surface area contributed by atoms with Gasteiger partial charge in [0.05, 0.1) is 29.3 Å². The number of anilines is 1. The zero-order chi connectivity index (χ0) is 21.4. The van der Waals surface area contributed by atoms with Crippen LogP contribution in [0.4, 0.5) is 23.2 Å². The van der Waals surface area contributed by atoms with Gasteiger partial charge in [0.25, 0.3) is 5.91 Å². The van der Waals surface area contributed by atoms with Crippen molar-refractivity contribution in [1.82, 2.24) is 4.57 Å². The molecule has 9 heteroatoms. The molecule has 0 bridgehead atoms. The molecule has 29 heavy (non-hydrogen) atoms. The van der Waals surface area contributed by atoms with Crippen LogP contribution in [0.1, 0.15) is 18.1 Å². The van der Waals surface area contributed by atoms with Crippen LogP contribution in [-0.4, -0.2) is 21.2 Å². The van der Waals surface area contributed by atoms with Gasteiger partial charge in [0, 0.05) is 11.9 Å². The summed E-state index contributed by atoms with van der Waals surface area (Å²) in [5, 5.41) is 22.3. The van der Waals surface area contributed by atoms with Gasteiger partial charge >= 0.3 is 6.18 Å². The van der Waals surface area contributed by atoms with E-state index in [1.807, 2.05) is 0 Å². The molecule has 150 valence electrons. The highest BCUT2D eigenvalue weighted by Gasteiger charge is 2.35. The molecule has 2 aromatic carbocycles. The highest BCUT2D eigenvalue weighted by Crippen LogP contribution is 2.33. The van der Waals surface area contributed by atoms with Gasteiger partial charge in [0.1, 0.15) is 5.82 Å². The number of alkyl halides is 3. The number of carbonyl (C=O) groups is 1. The highest BCUT2D eigenvalue weighted by molar-refractivity contribution is 5.97. The first-order valence-electron chi connectivity index (χ1n) is 8.41. The van der Waals surface area contributed by atoms with Gasteiger partial charge in [-0.25, -0.2) is 4.39 Å². The average Bonchev–Trinajstić information content (AvgIpc) is 3.02. The van der Waals surface area contributed by atoms with Crippen LogP contribution in [0.5, 0.6) is 0 Å². The van der Waals surface area contributed by atoms with E-state index >= 15 is 0 Å². The van der Waals surface area contributed by atoms with E-state index in [2.05, 4.69) is 5.32 Å². The summed E-state index contributed by atoms with van der Waals surface area (Å²) in [5.41, 5.74) is -3.54. The van der Waals surface area contributed by atoms with Crippen LogP contribution in [-0.2, 0) is 17.5 Å². The standard InChI is InChI=1S/C20H15F4N3O2/c1-19(29,11-27-7-6-12-2-4-14(21)8-17(12)27)18(28)26-15-5-3-13(10-25)16(9-15)20(22,23)24/h2-9,29H,11H2,1H3,(H,26,28)/t19-/m0/s1. The van der Waals surface area contributed by atoms with Crippen molar-refractivity contribution >= 4 is 22.5 Å². The quantitative estimate of drug-likeness (QED) is 0.643. The lowest BCUT2D eigenvalue weighted by atomic mass is 10.0. The molecule has 1 atom stereocenters. The van der Waals surface area contributed by atoms with E-state index in [-0.39, 0.29) is 12.2 Å². The Morgan fingerprint density at radius 1 is 1.21 bits per heavy atom. The molecule has 0 saturated carbocycles. The Morgan fingerprint density at radius 2 is 1.93 bits per heavy atom. The molecule has 2 N–H and O–H groups in total. The van der Waals surface area contributed by atoms with Crippen LogP contribution in [0.3, 0.4) is 0 Å². The molecule has 0 fully saturated rings. The van der Waals surface area contributed by atoms with Gasteiger partial charge < -0.3 is 15.0 Å². The molecule has 1 amide bonds. The number of fused-ring (bicyclic) bond motifs is 1. The molecule has 1 heterocycles. The number of nitriles is 1. The second kappa shape index (κ2) is 7.22. The molecular weight excluding hydrogens is 390 g/mol. The first kappa shape index (κ1) is 20.4. The van der Waals surface area contributed by atoms with Crippen LogP contribution in [0.25, 0.3) is 10.9 Å². The lowest BCUT2D eigenvalue weighted by molar-refractivity contribution is -0.138. The summed E-state index contributed by atoms with van der Waals surface area (Å²) in [6.45, 7) is 0.940. The fourth-order valence-corrected chi connectivity index (χ4v) is 2.92. The highest BCUT2D eigenvalue weighted by atomic mass is 19.4. The Morgan fingerprint density at radius 3 is 2.59 bits per heavy atom. The van der Waals surface area contributed by atoms with Crippen molar-refractivity contribution in [1.29, 1.82) is 5.26 Å². The number of hydrogen-bond donors (Lipinski definition) is 2. The zero-order valence-corrected chi connectivity index (χ0v) is 15.1. The van der Waals surface area contributed by atoms with Crippen molar-refractivity contribution in [3.63, 3.8) is 0 Å². The van der Waals surface area contributed by atoms with Crippen LogP contribution >= 0.6 is 0 Å². The fourth-order valence-electron chi connectivity index (χ4n) is 2.92. The zero-order valence-electron chi connectivity index (χ0n) is 15.1. The SMILES string of the molecule is C[C@](O)(Cn1ccc2ccc(F)cc21)C(=O)Nc1ccc(C#N)c(C(F)(F)F)c1. The van der Waals surface area contributed by atoms with E-state index in [4.69, 9.17) is 5.26 Å². The number of aromatic nitrogens is 1. The topological polar surface area (TPSA) is 78.1 Å². The third kappa shape index (κ3) is 4.22. The normalized spacial score (nSPS) is 13.7. The number of rotatable bonds is 4. The Kier molecular flexibility index (Phi) is 5.07. The van der Waals surface area contributed by atoms with E-state index in [0.29, 0.717) is 17.0 Å². The molecule has 0 aliphatic carbocycles. The first-order chi connectivity index (χ1) is 13.5. The molecule has 0 aliphatic heterocycles. The van der Waals surface area contributed by atoms with Crippen molar-refractivity contribution < 1.29 is 27.5 Å². The number of amides is 1. The monoisotopic (exact) mass is 405 g/mol. The van der Waals surface area contributed by atoms with Crippen molar-refractivity contribution in [2.24, 2.45) is 0 Å². The Hall–Kier alpha value is -3.38. The molecule has 0 radical (unpaired) electrons. The number of nitrogens with one attached hydrogen (secondary N) is 1. The smallest absolute Gasteiger partial charge is 0.378 e. The fraction of sp³-hybridized carbons (Fsp3) is 0.200. The summed E-state index contributed by atoms with van der Waals surface area (Å²) in [6, 6.07) is 9.92.